The van der Waals surface area contributed by atoms with Crippen molar-refractivity contribution in [2.45, 2.75) is 25.5 Å². The van der Waals surface area contributed by atoms with Crippen molar-refractivity contribution < 1.29 is 23.5 Å². The quantitative estimate of drug-likeness (QED) is 0.493. The maximum absolute atomic E-state index is 13.0. The molecule has 3 amide bonds. The number of hydrogen-bond donors (Lipinski definition) is 3. The van der Waals surface area contributed by atoms with Crippen LogP contribution in [-0.2, 0) is 9.59 Å². The lowest BCUT2D eigenvalue weighted by Gasteiger charge is -2.20. The Kier molecular flexibility index (Phi) is 9.61. The number of hydrogen-bond acceptors (Lipinski definition) is 5. The third-order valence-corrected chi connectivity index (χ3v) is 5.13. The van der Waals surface area contributed by atoms with Crippen LogP contribution in [0.3, 0.4) is 0 Å². The first-order valence-electron chi connectivity index (χ1n) is 9.38. The second kappa shape index (κ2) is 12.2. The highest BCUT2D eigenvalue weighted by atomic mass is 35.5. The summed E-state index contributed by atoms with van der Waals surface area (Å²) >= 11 is 7.56. The molecule has 0 aliphatic carbocycles. The molecule has 2 aromatic rings. The fraction of sp³-hybridized carbons (Fsp3) is 0.286. The minimum Gasteiger partial charge on any atom is -0.481 e. The van der Waals surface area contributed by atoms with Gasteiger partial charge in [0.1, 0.15) is 17.6 Å². The Labute approximate surface area is 189 Å². The minimum atomic E-state index is -0.951. The number of nitrogens with one attached hydrogen (secondary N) is 3. The van der Waals surface area contributed by atoms with Crippen molar-refractivity contribution in [1.29, 1.82) is 0 Å². The average Bonchev–Trinajstić information content (AvgIpc) is 2.76. The fourth-order valence-corrected chi connectivity index (χ4v) is 3.16. The van der Waals surface area contributed by atoms with Crippen LogP contribution in [0, 0.1) is 5.82 Å². The van der Waals surface area contributed by atoms with Gasteiger partial charge in [0, 0.05) is 0 Å². The number of hydrazine groups is 1. The molecule has 3 N–H and O–H groups in total. The zero-order chi connectivity index (χ0) is 22.8. The predicted molar refractivity (Wildman–Crippen MR) is 118 cm³/mol. The zero-order valence-electron chi connectivity index (χ0n) is 17.0. The Morgan fingerprint density at radius 3 is 2.35 bits per heavy atom. The third-order valence-electron chi connectivity index (χ3n) is 4.16. The van der Waals surface area contributed by atoms with Crippen LogP contribution in [-0.4, -0.2) is 41.9 Å². The molecule has 0 bridgehead atoms. The van der Waals surface area contributed by atoms with E-state index >= 15 is 0 Å². The molecule has 0 saturated heterocycles. The van der Waals surface area contributed by atoms with Gasteiger partial charge in [0.2, 0.25) is 0 Å². The smallest absolute Gasteiger partial charge is 0.279 e. The molecule has 2 rings (SSSR count). The molecule has 2 atom stereocenters. The van der Waals surface area contributed by atoms with Crippen LogP contribution in [0.15, 0.2) is 48.5 Å². The van der Waals surface area contributed by atoms with Crippen LogP contribution < -0.4 is 20.9 Å². The summed E-state index contributed by atoms with van der Waals surface area (Å²) in [5, 5.41) is 2.91. The lowest BCUT2D eigenvalue weighted by atomic mass is 10.1. The standard InChI is InChI=1S/C21H23ClFN3O4S/c1-13(30-15-9-7-14(23)8-10-15)19(27)25-26-21(29)18(11-12-31-2)24-20(28)16-5-3-4-6-17(16)22/h3-10,13,18H,11-12H2,1-2H3,(H,24,28)(H,25,27)(H,26,29). The minimum absolute atomic E-state index is 0.247. The summed E-state index contributed by atoms with van der Waals surface area (Å²) in [5.41, 5.74) is 4.82. The Bertz CT molecular complexity index is 914. The molecule has 10 heteroatoms. The number of halogens is 2. The van der Waals surface area contributed by atoms with Crippen molar-refractivity contribution in [1.82, 2.24) is 16.2 Å². The van der Waals surface area contributed by atoms with E-state index in [9.17, 15) is 18.8 Å². The van der Waals surface area contributed by atoms with Gasteiger partial charge in [-0.2, -0.15) is 11.8 Å². The topological polar surface area (TPSA) is 96.5 Å². The Morgan fingerprint density at radius 1 is 1.06 bits per heavy atom. The summed E-state index contributed by atoms with van der Waals surface area (Å²) in [5.74, 6) is -1.20. The van der Waals surface area contributed by atoms with E-state index < -0.39 is 35.7 Å². The molecular weight excluding hydrogens is 445 g/mol. The molecule has 2 aromatic carbocycles. The van der Waals surface area contributed by atoms with Crippen molar-refractivity contribution in [2.24, 2.45) is 0 Å². The largest absolute Gasteiger partial charge is 0.481 e. The molecular formula is C21H23ClFN3O4S. The van der Waals surface area contributed by atoms with Crippen LogP contribution in [0.1, 0.15) is 23.7 Å². The molecule has 0 radical (unpaired) electrons. The molecule has 0 saturated carbocycles. The third kappa shape index (κ3) is 7.76. The van der Waals surface area contributed by atoms with Gasteiger partial charge < -0.3 is 10.1 Å². The van der Waals surface area contributed by atoms with Crippen LogP contribution in [0.5, 0.6) is 5.75 Å². The Balaban J connectivity index is 1.93. The summed E-state index contributed by atoms with van der Waals surface area (Å²) in [6.45, 7) is 1.48. The number of thioether (sulfide) groups is 1. The van der Waals surface area contributed by atoms with Crippen LogP contribution in [0.25, 0.3) is 0 Å². The number of ether oxygens (including phenoxy) is 1. The maximum Gasteiger partial charge on any atom is 0.279 e. The molecule has 166 valence electrons. The number of benzene rings is 2. The van der Waals surface area contributed by atoms with Crippen molar-refractivity contribution in [3.63, 3.8) is 0 Å². The average molecular weight is 468 g/mol. The molecule has 0 fully saturated rings. The number of rotatable bonds is 9. The van der Waals surface area contributed by atoms with E-state index in [1.165, 1.54) is 43.0 Å². The summed E-state index contributed by atoms with van der Waals surface area (Å²) in [6.07, 6.45) is 1.27. The molecule has 31 heavy (non-hydrogen) atoms. The van der Waals surface area contributed by atoms with Crippen molar-refractivity contribution in [3.8, 4) is 5.75 Å². The predicted octanol–water partition coefficient (Wildman–Crippen LogP) is 2.95. The summed E-state index contributed by atoms with van der Waals surface area (Å²) in [7, 11) is 0. The monoisotopic (exact) mass is 467 g/mol. The highest BCUT2D eigenvalue weighted by Crippen LogP contribution is 2.15. The molecule has 2 unspecified atom stereocenters. The summed E-state index contributed by atoms with van der Waals surface area (Å²) in [6, 6.07) is 10.8. The first-order valence-corrected chi connectivity index (χ1v) is 11.1. The first-order chi connectivity index (χ1) is 14.8. The van der Waals surface area contributed by atoms with Gasteiger partial charge in [-0.25, -0.2) is 4.39 Å². The molecule has 0 heterocycles. The highest BCUT2D eigenvalue weighted by molar-refractivity contribution is 7.98. The summed E-state index contributed by atoms with van der Waals surface area (Å²) < 4.78 is 18.4. The van der Waals surface area contributed by atoms with Gasteiger partial charge in [-0.1, -0.05) is 23.7 Å². The van der Waals surface area contributed by atoms with Crippen molar-refractivity contribution >= 4 is 41.1 Å². The first kappa shape index (κ1) is 24.5. The van der Waals surface area contributed by atoms with E-state index in [0.29, 0.717) is 17.9 Å². The van der Waals surface area contributed by atoms with Gasteiger partial charge in [0.25, 0.3) is 17.7 Å². The number of carbonyl (C=O) groups excluding carboxylic acids is 3. The van der Waals surface area contributed by atoms with E-state index in [2.05, 4.69) is 16.2 Å². The van der Waals surface area contributed by atoms with Crippen LogP contribution in [0.2, 0.25) is 5.02 Å². The molecule has 0 spiro atoms. The van der Waals surface area contributed by atoms with Gasteiger partial charge in [0.05, 0.1) is 10.6 Å². The molecule has 7 nitrogen and oxygen atoms in total. The lowest BCUT2D eigenvalue weighted by Crippen LogP contribution is -2.54. The highest BCUT2D eigenvalue weighted by Gasteiger charge is 2.23. The molecule has 0 aliphatic heterocycles. The van der Waals surface area contributed by atoms with Gasteiger partial charge in [-0.3, -0.25) is 25.2 Å². The maximum atomic E-state index is 13.0. The van der Waals surface area contributed by atoms with Gasteiger partial charge in [-0.05, 0) is 61.8 Å². The van der Waals surface area contributed by atoms with Gasteiger partial charge >= 0.3 is 0 Å². The zero-order valence-corrected chi connectivity index (χ0v) is 18.6. The van der Waals surface area contributed by atoms with E-state index in [-0.39, 0.29) is 10.6 Å². The van der Waals surface area contributed by atoms with E-state index in [1.807, 2.05) is 6.26 Å². The van der Waals surface area contributed by atoms with E-state index in [4.69, 9.17) is 16.3 Å². The Morgan fingerprint density at radius 2 is 1.71 bits per heavy atom. The van der Waals surface area contributed by atoms with Gasteiger partial charge in [0.15, 0.2) is 6.10 Å². The van der Waals surface area contributed by atoms with Crippen molar-refractivity contribution in [3.05, 3.63) is 64.9 Å². The second-order valence-electron chi connectivity index (χ2n) is 6.48. The normalized spacial score (nSPS) is 12.4. The second-order valence-corrected chi connectivity index (χ2v) is 7.87. The van der Waals surface area contributed by atoms with Gasteiger partial charge in [-0.15, -0.1) is 0 Å². The van der Waals surface area contributed by atoms with E-state index in [0.717, 1.165) is 0 Å². The number of carbonyl (C=O) groups is 3. The van der Waals surface area contributed by atoms with Crippen LogP contribution in [0.4, 0.5) is 4.39 Å². The lowest BCUT2D eigenvalue weighted by molar-refractivity contribution is -0.133. The van der Waals surface area contributed by atoms with Crippen molar-refractivity contribution in [2.75, 3.05) is 12.0 Å². The number of amides is 3. The SMILES string of the molecule is CSCCC(NC(=O)c1ccccc1Cl)C(=O)NNC(=O)C(C)Oc1ccc(F)cc1. The van der Waals surface area contributed by atoms with E-state index in [1.54, 1.807) is 24.3 Å². The summed E-state index contributed by atoms with van der Waals surface area (Å²) in [4.78, 5) is 37.3. The van der Waals surface area contributed by atoms with Crippen LogP contribution >= 0.6 is 23.4 Å². The Hall–Kier alpha value is -2.78. The molecule has 0 aliphatic rings. The molecule has 0 aromatic heterocycles. The fourth-order valence-electron chi connectivity index (χ4n) is 2.47.